The predicted octanol–water partition coefficient (Wildman–Crippen LogP) is 2.00. The molecule has 1 N–H and O–H groups in total. The molecule has 1 aromatic rings. The van der Waals surface area contributed by atoms with E-state index in [9.17, 15) is 9.90 Å². The van der Waals surface area contributed by atoms with Gasteiger partial charge in [0.2, 0.25) is 0 Å². The third-order valence-electron chi connectivity index (χ3n) is 3.78. The van der Waals surface area contributed by atoms with Gasteiger partial charge in [-0.1, -0.05) is 25.1 Å². The number of likely N-dealkylation sites (tertiary alicyclic amines) is 1. The summed E-state index contributed by atoms with van der Waals surface area (Å²) in [5.41, 5.74) is 1.11. The van der Waals surface area contributed by atoms with Gasteiger partial charge >= 0.3 is 0 Å². The average Bonchev–Trinajstić information content (AvgIpc) is 2.48. The van der Waals surface area contributed by atoms with Gasteiger partial charge in [0.15, 0.2) is 6.10 Å². The number of hydrogen-bond donors (Lipinski definition) is 1. The smallest absolute Gasteiger partial charge is 0.263 e. The summed E-state index contributed by atoms with van der Waals surface area (Å²) >= 11 is 0. The maximum atomic E-state index is 12.3. The van der Waals surface area contributed by atoms with Crippen LogP contribution in [0.3, 0.4) is 0 Å². The predicted molar refractivity (Wildman–Crippen MR) is 77.7 cm³/mol. The lowest BCUT2D eigenvalue weighted by molar-refractivity contribution is -0.140. The number of rotatable bonds is 4. The number of piperidine rings is 1. The van der Waals surface area contributed by atoms with Gasteiger partial charge in [-0.2, -0.15) is 0 Å². The number of amides is 1. The molecule has 1 amide bonds. The summed E-state index contributed by atoms with van der Waals surface area (Å²) in [7, 11) is 0. The molecule has 0 spiro atoms. The molecule has 0 bridgehead atoms. The van der Waals surface area contributed by atoms with E-state index in [1.165, 1.54) is 0 Å². The van der Waals surface area contributed by atoms with Gasteiger partial charge in [-0.15, -0.1) is 0 Å². The molecule has 0 saturated carbocycles. The van der Waals surface area contributed by atoms with Crippen molar-refractivity contribution in [1.82, 2.24) is 4.90 Å². The first-order valence-corrected chi connectivity index (χ1v) is 7.33. The van der Waals surface area contributed by atoms with Crippen molar-refractivity contribution in [3.63, 3.8) is 0 Å². The second-order valence-electron chi connectivity index (χ2n) is 5.28. The van der Waals surface area contributed by atoms with Crippen molar-refractivity contribution < 1.29 is 14.6 Å². The molecule has 20 heavy (non-hydrogen) atoms. The number of nitrogens with zero attached hydrogens (tertiary/aromatic N) is 1. The average molecular weight is 277 g/mol. The van der Waals surface area contributed by atoms with E-state index in [1.54, 1.807) is 11.8 Å². The molecule has 110 valence electrons. The molecule has 1 aliphatic heterocycles. The number of ether oxygens (including phenoxy) is 1. The molecule has 1 atom stereocenters. The molecule has 1 aromatic carbocycles. The van der Waals surface area contributed by atoms with Crippen LogP contribution in [-0.2, 0) is 11.2 Å². The second-order valence-corrected chi connectivity index (χ2v) is 5.28. The molecule has 1 fully saturated rings. The highest BCUT2D eigenvalue weighted by molar-refractivity contribution is 5.81. The number of benzene rings is 1. The van der Waals surface area contributed by atoms with Crippen LogP contribution in [0.2, 0.25) is 0 Å². The van der Waals surface area contributed by atoms with E-state index >= 15 is 0 Å². The fourth-order valence-electron chi connectivity index (χ4n) is 2.50. The Morgan fingerprint density at radius 1 is 1.40 bits per heavy atom. The van der Waals surface area contributed by atoms with E-state index in [1.807, 2.05) is 24.3 Å². The SMILES string of the molecule is CCc1ccccc1OC(C)C(=O)N1CCC(O)CC1. The largest absolute Gasteiger partial charge is 0.481 e. The molecule has 0 aliphatic carbocycles. The minimum Gasteiger partial charge on any atom is -0.481 e. The highest BCUT2D eigenvalue weighted by atomic mass is 16.5. The van der Waals surface area contributed by atoms with Crippen molar-refractivity contribution in [3.05, 3.63) is 29.8 Å². The number of aliphatic hydroxyl groups excluding tert-OH is 1. The quantitative estimate of drug-likeness (QED) is 0.915. The van der Waals surface area contributed by atoms with E-state index in [0.29, 0.717) is 25.9 Å². The highest BCUT2D eigenvalue weighted by Gasteiger charge is 2.26. The Morgan fingerprint density at radius 2 is 2.05 bits per heavy atom. The molecule has 4 heteroatoms. The highest BCUT2D eigenvalue weighted by Crippen LogP contribution is 2.21. The van der Waals surface area contributed by atoms with Crippen molar-refractivity contribution >= 4 is 5.91 Å². The lowest BCUT2D eigenvalue weighted by atomic mass is 10.1. The summed E-state index contributed by atoms with van der Waals surface area (Å²) in [6, 6.07) is 7.82. The van der Waals surface area contributed by atoms with E-state index in [2.05, 4.69) is 6.92 Å². The van der Waals surface area contributed by atoms with E-state index in [4.69, 9.17) is 4.74 Å². The Kier molecular flexibility index (Phi) is 5.01. The number of aliphatic hydroxyl groups is 1. The van der Waals surface area contributed by atoms with Gasteiger partial charge in [-0.05, 0) is 37.8 Å². The zero-order valence-corrected chi connectivity index (χ0v) is 12.2. The van der Waals surface area contributed by atoms with Crippen LogP contribution in [0, 0.1) is 0 Å². The number of carbonyl (C=O) groups excluding carboxylic acids is 1. The van der Waals surface area contributed by atoms with Gasteiger partial charge in [-0.25, -0.2) is 0 Å². The summed E-state index contributed by atoms with van der Waals surface area (Å²) in [4.78, 5) is 14.1. The van der Waals surface area contributed by atoms with Gasteiger partial charge < -0.3 is 14.7 Å². The van der Waals surface area contributed by atoms with Crippen molar-refractivity contribution in [3.8, 4) is 5.75 Å². The minimum absolute atomic E-state index is 0.00260. The monoisotopic (exact) mass is 277 g/mol. The molecule has 0 radical (unpaired) electrons. The molecular weight excluding hydrogens is 254 g/mol. The summed E-state index contributed by atoms with van der Waals surface area (Å²) in [6.45, 7) is 5.09. The maximum absolute atomic E-state index is 12.3. The number of carbonyl (C=O) groups is 1. The van der Waals surface area contributed by atoms with Crippen LogP contribution in [0.15, 0.2) is 24.3 Å². The third-order valence-corrected chi connectivity index (χ3v) is 3.78. The Morgan fingerprint density at radius 3 is 2.70 bits per heavy atom. The minimum atomic E-state index is -0.488. The first-order chi connectivity index (χ1) is 9.61. The first kappa shape index (κ1) is 14.9. The summed E-state index contributed by atoms with van der Waals surface area (Å²) < 4.78 is 5.82. The van der Waals surface area contributed by atoms with Crippen LogP contribution in [-0.4, -0.2) is 41.2 Å². The number of para-hydroxylation sites is 1. The van der Waals surface area contributed by atoms with Gasteiger partial charge in [0, 0.05) is 13.1 Å². The normalized spacial score (nSPS) is 17.9. The third kappa shape index (κ3) is 3.51. The van der Waals surface area contributed by atoms with E-state index in [0.717, 1.165) is 17.7 Å². The molecule has 1 aliphatic rings. The Balaban J connectivity index is 1.97. The topological polar surface area (TPSA) is 49.8 Å². The van der Waals surface area contributed by atoms with Crippen LogP contribution < -0.4 is 4.74 Å². The summed E-state index contributed by atoms with van der Waals surface area (Å²) in [6.07, 6.45) is 1.44. The summed E-state index contributed by atoms with van der Waals surface area (Å²) in [5.74, 6) is 0.788. The van der Waals surface area contributed by atoms with Gasteiger partial charge in [0.25, 0.3) is 5.91 Å². The molecule has 1 unspecified atom stereocenters. The van der Waals surface area contributed by atoms with Crippen LogP contribution in [0.4, 0.5) is 0 Å². The zero-order valence-electron chi connectivity index (χ0n) is 12.2. The molecule has 1 heterocycles. The summed E-state index contributed by atoms with van der Waals surface area (Å²) in [5, 5.41) is 9.48. The van der Waals surface area contributed by atoms with Crippen LogP contribution in [0.25, 0.3) is 0 Å². The standard InChI is InChI=1S/C16H23NO3/c1-3-13-6-4-5-7-15(13)20-12(2)16(19)17-10-8-14(18)9-11-17/h4-7,12,14,18H,3,8-11H2,1-2H3. The van der Waals surface area contributed by atoms with Gasteiger partial charge in [-0.3, -0.25) is 4.79 Å². The van der Waals surface area contributed by atoms with E-state index in [-0.39, 0.29) is 12.0 Å². The zero-order chi connectivity index (χ0) is 14.5. The van der Waals surface area contributed by atoms with Crippen molar-refractivity contribution in [2.75, 3.05) is 13.1 Å². The Bertz CT molecular complexity index is 453. The van der Waals surface area contributed by atoms with Crippen LogP contribution >= 0.6 is 0 Å². The van der Waals surface area contributed by atoms with Gasteiger partial charge in [0.1, 0.15) is 5.75 Å². The van der Waals surface area contributed by atoms with Crippen molar-refractivity contribution in [2.45, 2.75) is 45.3 Å². The number of aryl methyl sites for hydroxylation is 1. The van der Waals surface area contributed by atoms with Crippen LogP contribution in [0.1, 0.15) is 32.3 Å². The van der Waals surface area contributed by atoms with Gasteiger partial charge in [0.05, 0.1) is 6.10 Å². The van der Waals surface area contributed by atoms with Crippen molar-refractivity contribution in [2.24, 2.45) is 0 Å². The number of hydrogen-bond acceptors (Lipinski definition) is 3. The first-order valence-electron chi connectivity index (χ1n) is 7.33. The second kappa shape index (κ2) is 6.75. The van der Waals surface area contributed by atoms with Crippen molar-refractivity contribution in [1.29, 1.82) is 0 Å². The van der Waals surface area contributed by atoms with E-state index < -0.39 is 6.10 Å². The fourth-order valence-corrected chi connectivity index (χ4v) is 2.50. The fraction of sp³-hybridized carbons (Fsp3) is 0.562. The molecule has 0 aromatic heterocycles. The lowest BCUT2D eigenvalue weighted by Crippen LogP contribution is -2.45. The Labute approximate surface area is 120 Å². The molecule has 4 nitrogen and oxygen atoms in total. The maximum Gasteiger partial charge on any atom is 0.263 e. The molecule has 1 saturated heterocycles. The lowest BCUT2D eigenvalue weighted by Gasteiger charge is -2.31. The molecule has 2 rings (SSSR count). The van der Waals surface area contributed by atoms with Crippen LogP contribution in [0.5, 0.6) is 5.75 Å². The Hall–Kier alpha value is -1.55. The molecular formula is C16H23NO3.